The highest BCUT2D eigenvalue weighted by Gasteiger charge is 2.23. The molecule has 2 nitrogen and oxygen atoms in total. The van der Waals surface area contributed by atoms with Gasteiger partial charge in [-0.1, -0.05) is 55.9 Å². The van der Waals surface area contributed by atoms with Crippen LogP contribution in [0.4, 0.5) is 0 Å². The molecule has 0 unspecified atom stereocenters. The van der Waals surface area contributed by atoms with Crippen molar-refractivity contribution in [3.63, 3.8) is 0 Å². The molecular formula is C19H38O2Si. The van der Waals surface area contributed by atoms with Gasteiger partial charge in [-0.05, 0) is 53.1 Å². The SMILES string of the molecule is CCCCCCCO[Si](C)(C)OC/C=C(\C)CCC=C(C)C. The first kappa shape index (κ1) is 21.6. The minimum Gasteiger partial charge on any atom is -0.395 e. The molecule has 0 amide bonds. The third-order valence-electron chi connectivity index (χ3n) is 3.65. The standard InChI is InChI=1S/C19H38O2Si/c1-7-8-9-10-11-16-20-22(5,6)21-17-15-19(4)14-12-13-18(2)3/h13,15H,7-12,14,16-17H2,1-6H3/b19-15+. The topological polar surface area (TPSA) is 18.5 Å². The molecule has 0 N–H and O–H groups in total. The Bertz CT molecular complexity index is 328. The number of hydrogen-bond acceptors (Lipinski definition) is 2. The second-order valence-corrected chi connectivity index (χ2v) is 10.2. The highest BCUT2D eigenvalue weighted by atomic mass is 28.4. The van der Waals surface area contributed by atoms with E-state index in [9.17, 15) is 0 Å². The summed E-state index contributed by atoms with van der Waals surface area (Å²) in [6.45, 7) is 14.6. The van der Waals surface area contributed by atoms with E-state index in [2.05, 4.69) is 52.9 Å². The van der Waals surface area contributed by atoms with Crippen molar-refractivity contribution >= 4 is 8.56 Å². The van der Waals surface area contributed by atoms with Gasteiger partial charge in [-0.25, -0.2) is 0 Å². The molecular weight excluding hydrogens is 288 g/mol. The molecule has 0 aromatic rings. The molecule has 3 heteroatoms. The minimum absolute atomic E-state index is 0.690. The first-order valence-electron chi connectivity index (χ1n) is 8.94. The summed E-state index contributed by atoms with van der Waals surface area (Å²) in [5, 5.41) is 0. The summed E-state index contributed by atoms with van der Waals surface area (Å²) in [7, 11) is -1.94. The smallest absolute Gasteiger partial charge is 0.331 e. The molecule has 0 saturated carbocycles. The van der Waals surface area contributed by atoms with E-state index in [1.807, 2.05) is 0 Å². The van der Waals surface area contributed by atoms with E-state index in [0.29, 0.717) is 6.61 Å². The average molecular weight is 327 g/mol. The fourth-order valence-corrected chi connectivity index (χ4v) is 3.34. The van der Waals surface area contributed by atoms with Crippen LogP contribution in [0.1, 0.15) is 72.6 Å². The van der Waals surface area contributed by atoms with Gasteiger partial charge in [0.1, 0.15) is 0 Å². The van der Waals surface area contributed by atoms with Gasteiger partial charge < -0.3 is 8.85 Å². The Morgan fingerprint density at radius 3 is 2.23 bits per heavy atom. The lowest BCUT2D eigenvalue weighted by atomic mass is 10.1. The molecule has 0 fully saturated rings. The minimum atomic E-state index is -1.94. The van der Waals surface area contributed by atoms with Crippen LogP contribution in [-0.4, -0.2) is 21.8 Å². The van der Waals surface area contributed by atoms with Crippen molar-refractivity contribution in [2.45, 2.75) is 85.7 Å². The predicted octanol–water partition coefficient (Wildman–Crippen LogP) is 6.38. The number of rotatable bonds is 13. The number of hydrogen-bond donors (Lipinski definition) is 0. The number of allylic oxidation sites excluding steroid dienone is 3. The van der Waals surface area contributed by atoms with Crippen LogP contribution in [0.15, 0.2) is 23.3 Å². The lowest BCUT2D eigenvalue weighted by molar-refractivity contribution is 0.190. The quantitative estimate of drug-likeness (QED) is 0.222. The van der Waals surface area contributed by atoms with Crippen molar-refractivity contribution in [1.82, 2.24) is 0 Å². The van der Waals surface area contributed by atoms with Gasteiger partial charge in [0.2, 0.25) is 0 Å². The van der Waals surface area contributed by atoms with Gasteiger partial charge in [-0.3, -0.25) is 0 Å². The third kappa shape index (κ3) is 14.5. The normalized spacial score (nSPS) is 12.5. The Labute approximate surface area is 140 Å². The Morgan fingerprint density at radius 2 is 1.59 bits per heavy atom. The Balaban J connectivity index is 3.79. The fourth-order valence-electron chi connectivity index (χ4n) is 2.14. The third-order valence-corrected chi connectivity index (χ3v) is 5.41. The highest BCUT2D eigenvalue weighted by Crippen LogP contribution is 2.11. The van der Waals surface area contributed by atoms with Crippen molar-refractivity contribution in [2.24, 2.45) is 0 Å². The van der Waals surface area contributed by atoms with Gasteiger partial charge >= 0.3 is 8.56 Å². The van der Waals surface area contributed by atoms with Crippen LogP contribution in [-0.2, 0) is 8.85 Å². The first-order chi connectivity index (χ1) is 10.4. The second-order valence-electron chi connectivity index (χ2n) is 6.84. The average Bonchev–Trinajstić information content (AvgIpc) is 2.42. The summed E-state index contributed by atoms with van der Waals surface area (Å²) < 4.78 is 12.0. The fraction of sp³-hybridized carbons (Fsp3) is 0.789. The Hall–Kier alpha value is -0.383. The summed E-state index contributed by atoms with van der Waals surface area (Å²) in [6.07, 6.45) is 13.2. The molecule has 0 aliphatic carbocycles. The van der Waals surface area contributed by atoms with E-state index in [4.69, 9.17) is 8.85 Å². The van der Waals surface area contributed by atoms with Crippen molar-refractivity contribution in [3.05, 3.63) is 23.3 Å². The highest BCUT2D eigenvalue weighted by molar-refractivity contribution is 6.64. The zero-order valence-electron chi connectivity index (χ0n) is 15.8. The lowest BCUT2D eigenvalue weighted by Crippen LogP contribution is -2.35. The van der Waals surface area contributed by atoms with E-state index < -0.39 is 8.56 Å². The zero-order chi connectivity index (χ0) is 16.8. The summed E-state index contributed by atoms with van der Waals surface area (Å²) in [4.78, 5) is 0. The maximum absolute atomic E-state index is 5.98. The molecule has 0 rings (SSSR count). The Kier molecular flexibility index (Phi) is 12.9. The van der Waals surface area contributed by atoms with E-state index >= 15 is 0 Å². The molecule has 130 valence electrons. The van der Waals surface area contributed by atoms with Crippen molar-refractivity contribution in [3.8, 4) is 0 Å². The maximum atomic E-state index is 5.98. The van der Waals surface area contributed by atoms with Gasteiger partial charge in [-0.2, -0.15) is 0 Å². The van der Waals surface area contributed by atoms with Gasteiger partial charge in [0, 0.05) is 6.61 Å². The molecule has 0 aliphatic heterocycles. The van der Waals surface area contributed by atoms with E-state index in [-0.39, 0.29) is 0 Å². The van der Waals surface area contributed by atoms with E-state index in [1.54, 1.807) is 0 Å². The molecule has 0 radical (unpaired) electrons. The van der Waals surface area contributed by atoms with Gasteiger partial charge in [0.05, 0.1) is 6.61 Å². The second kappa shape index (κ2) is 13.1. The van der Waals surface area contributed by atoms with Crippen LogP contribution >= 0.6 is 0 Å². The van der Waals surface area contributed by atoms with Crippen LogP contribution in [0.5, 0.6) is 0 Å². The zero-order valence-corrected chi connectivity index (χ0v) is 16.8. The van der Waals surface area contributed by atoms with Crippen LogP contribution in [0.3, 0.4) is 0 Å². The monoisotopic (exact) mass is 326 g/mol. The molecule has 0 aliphatic rings. The van der Waals surface area contributed by atoms with E-state index in [0.717, 1.165) is 25.9 Å². The molecule has 0 heterocycles. The summed E-state index contributed by atoms with van der Waals surface area (Å²) in [6, 6.07) is 0. The first-order valence-corrected chi connectivity index (χ1v) is 11.8. The largest absolute Gasteiger partial charge is 0.395 e. The molecule has 0 aromatic heterocycles. The van der Waals surface area contributed by atoms with Gasteiger partial charge in [-0.15, -0.1) is 0 Å². The Morgan fingerprint density at radius 1 is 0.909 bits per heavy atom. The number of unbranched alkanes of at least 4 members (excludes halogenated alkanes) is 4. The van der Waals surface area contributed by atoms with E-state index in [1.165, 1.54) is 36.8 Å². The molecule has 0 bridgehead atoms. The van der Waals surface area contributed by atoms with Crippen LogP contribution < -0.4 is 0 Å². The lowest BCUT2D eigenvalue weighted by Gasteiger charge is -2.22. The molecule has 0 aromatic carbocycles. The van der Waals surface area contributed by atoms with Crippen LogP contribution in [0.2, 0.25) is 13.1 Å². The van der Waals surface area contributed by atoms with Gasteiger partial charge in [0.25, 0.3) is 0 Å². The summed E-state index contributed by atoms with van der Waals surface area (Å²) >= 11 is 0. The van der Waals surface area contributed by atoms with Crippen molar-refractivity contribution in [1.29, 1.82) is 0 Å². The summed E-state index contributed by atoms with van der Waals surface area (Å²) in [5.41, 5.74) is 2.80. The van der Waals surface area contributed by atoms with Gasteiger partial charge in [0.15, 0.2) is 0 Å². The summed E-state index contributed by atoms with van der Waals surface area (Å²) in [5.74, 6) is 0. The van der Waals surface area contributed by atoms with Crippen LogP contribution in [0.25, 0.3) is 0 Å². The van der Waals surface area contributed by atoms with Crippen molar-refractivity contribution < 1.29 is 8.85 Å². The maximum Gasteiger partial charge on any atom is 0.331 e. The molecule has 0 spiro atoms. The molecule has 22 heavy (non-hydrogen) atoms. The molecule has 0 atom stereocenters. The van der Waals surface area contributed by atoms with Crippen molar-refractivity contribution in [2.75, 3.05) is 13.2 Å². The van der Waals surface area contributed by atoms with Crippen LogP contribution in [0, 0.1) is 0 Å². The molecule has 0 saturated heterocycles. The predicted molar refractivity (Wildman–Crippen MR) is 101 cm³/mol.